The normalized spacial score (nSPS) is 17.8. The van der Waals surface area contributed by atoms with Crippen molar-refractivity contribution in [3.05, 3.63) is 51.7 Å². The number of piperidine rings is 1. The summed E-state index contributed by atoms with van der Waals surface area (Å²) in [6, 6.07) is 6.84. The molecule has 1 fully saturated rings. The van der Waals surface area contributed by atoms with E-state index in [0.29, 0.717) is 30.0 Å². The van der Waals surface area contributed by atoms with Gasteiger partial charge in [-0.05, 0) is 38.0 Å². The van der Waals surface area contributed by atoms with E-state index >= 15 is 0 Å². The molecule has 2 aromatic heterocycles. The van der Waals surface area contributed by atoms with E-state index in [-0.39, 0.29) is 17.4 Å². The first-order valence-electron chi connectivity index (χ1n) is 8.28. The van der Waals surface area contributed by atoms with Crippen molar-refractivity contribution in [3.8, 4) is 0 Å². The number of nitrogens with one attached hydrogen (secondary N) is 2. The van der Waals surface area contributed by atoms with Crippen LogP contribution in [0.2, 0.25) is 0 Å². The van der Waals surface area contributed by atoms with Crippen LogP contribution in [0.15, 0.2) is 29.1 Å². The van der Waals surface area contributed by atoms with E-state index in [1.54, 1.807) is 25.1 Å². The summed E-state index contributed by atoms with van der Waals surface area (Å²) in [5.41, 5.74) is 2.60. The van der Waals surface area contributed by atoms with Gasteiger partial charge in [-0.15, -0.1) is 0 Å². The van der Waals surface area contributed by atoms with Crippen molar-refractivity contribution < 1.29 is 4.79 Å². The van der Waals surface area contributed by atoms with Gasteiger partial charge in [0.2, 0.25) is 0 Å². The van der Waals surface area contributed by atoms with Gasteiger partial charge >= 0.3 is 0 Å². The number of nitrogens with zero attached hydrogens (tertiary/aromatic N) is 4. The standard InChI is InChI=1S/C17H18N6O2/c1-10-18-14(8-16(24)19-10)12-3-2-6-23(9-12)17(25)11-4-5-13-15(7-11)21-22-20-13/h4-5,7-8,12H,2-3,6,9H2,1H3,(H,18,19,24)(H,20,21,22)/t12-/m0/s1. The summed E-state index contributed by atoms with van der Waals surface area (Å²) >= 11 is 0. The molecule has 1 aliphatic rings. The third-order valence-corrected chi connectivity index (χ3v) is 4.57. The second kappa shape index (κ2) is 6.12. The van der Waals surface area contributed by atoms with Crippen LogP contribution in [-0.4, -0.2) is 49.3 Å². The van der Waals surface area contributed by atoms with E-state index in [9.17, 15) is 9.59 Å². The van der Waals surface area contributed by atoms with Crippen molar-refractivity contribution >= 4 is 16.9 Å². The lowest BCUT2D eigenvalue weighted by atomic mass is 9.94. The van der Waals surface area contributed by atoms with Crippen LogP contribution in [0.3, 0.4) is 0 Å². The summed E-state index contributed by atoms with van der Waals surface area (Å²) in [6.45, 7) is 3.03. The molecule has 0 saturated carbocycles. The van der Waals surface area contributed by atoms with Gasteiger partial charge in [0.05, 0.1) is 5.69 Å². The van der Waals surface area contributed by atoms with Crippen molar-refractivity contribution in [2.45, 2.75) is 25.7 Å². The van der Waals surface area contributed by atoms with E-state index < -0.39 is 0 Å². The molecule has 0 aliphatic carbocycles. The molecule has 128 valence electrons. The predicted molar refractivity (Wildman–Crippen MR) is 91.4 cm³/mol. The lowest BCUT2D eigenvalue weighted by Crippen LogP contribution is -2.39. The van der Waals surface area contributed by atoms with Crippen LogP contribution in [0.1, 0.15) is 40.6 Å². The fraction of sp³-hybridized carbons (Fsp3) is 0.353. The number of carbonyl (C=O) groups is 1. The lowest BCUT2D eigenvalue weighted by Gasteiger charge is -2.32. The van der Waals surface area contributed by atoms with Gasteiger partial charge in [0, 0.05) is 30.6 Å². The van der Waals surface area contributed by atoms with Gasteiger partial charge in [-0.2, -0.15) is 15.4 Å². The Morgan fingerprint density at radius 2 is 2.08 bits per heavy atom. The number of hydrogen-bond acceptors (Lipinski definition) is 5. The summed E-state index contributed by atoms with van der Waals surface area (Å²) in [4.78, 5) is 33.5. The average molecular weight is 338 g/mol. The largest absolute Gasteiger partial charge is 0.338 e. The Kier molecular flexibility index (Phi) is 3.79. The van der Waals surface area contributed by atoms with E-state index in [2.05, 4.69) is 25.4 Å². The van der Waals surface area contributed by atoms with Crippen molar-refractivity contribution in [1.82, 2.24) is 30.3 Å². The molecular formula is C17H18N6O2. The van der Waals surface area contributed by atoms with Crippen LogP contribution in [-0.2, 0) is 0 Å². The van der Waals surface area contributed by atoms with Crippen LogP contribution in [0.4, 0.5) is 0 Å². The van der Waals surface area contributed by atoms with Gasteiger partial charge in [0.1, 0.15) is 16.9 Å². The molecule has 0 spiro atoms. The third-order valence-electron chi connectivity index (χ3n) is 4.57. The topological polar surface area (TPSA) is 108 Å². The maximum atomic E-state index is 12.9. The summed E-state index contributed by atoms with van der Waals surface area (Å²) in [5.74, 6) is 0.646. The molecular weight excluding hydrogens is 320 g/mol. The zero-order valence-corrected chi connectivity index (χ0v) is 13.8. The van der Waals surface area contributed by atoms with Gasteiger partial charge in [-0.3, -0.25) is 9.59 Å². The molecule has 2 N–H and O–H groups in total. The van der Waals surface area contributed by atoms with Crippen molar-refractivity contribution in [1.29, 1.82) is 0 Å². The first kappa shape index (κ1) is 15.5. The molecule has 8 heteroatoms. The fourth-order valence-corrected chi connectivity index (χ4v) is 3.37. The minimum atomic E-state index is -0.151. The number of fused-ring (bicyclic) bond motifs is 1. The Morgan fingerprint density at radius 1 is 1.24 bits per heavy atom. The van der Waals surface area contributed by atoms with Crippen LogP contribution in [0.5, 0.6) is 0 Å². The van der Waals surface area contributed by atoms with E-state index in [4.69, 9.17) is 0 Å². The number of carbonyl (C=O) groups excluding carboxylic acids is 1. The average Bonchev–Trinajstić information content (AvgIpc) is 3.08. The highest BCUT2D eigenvalue weighted by atomic mass is 16.2. The highest BCUT2D eigenvalue weighted by molar-refractivity contribution is 5.97. The zero-order chi connectivity index (χ0) is 17.4. The Morgan fingerprint density at radius 3 is 2.92 bits per heavy atom. The number of aromatic nitrogens is 5. The fourth-order valence-electron chi connectivity index (χ4n) is 3.37. The minimum absolute atomic E-state index is 0.0313. The first-order chi connectivity index (χ1) is 12.1. The molecule has 1 amide bonds. The van der Waals surface area contributed by atoms with Gasteiger partial charge in [0.15, 0.2) is 0 Å². The molecule has 1 saturated heterocycles. The van der Waals surface area contributed by atoms with E-state index in [1.165, 1.54) is 6.07 Å². The van der Waals surface area contributed by atoms with Gasteiger partial charge in [0.25, 0.3) is 11.5 Å². The second-order valence-corrected chi connectivity index (χ2v) is 6.37. The number of benzene rings is 1. The SMILES string of the molecule is Cc1nc([C@H]2CCCN(C(=O)c3ccc4n[nH]nc4c3)C2)cc(=O)[nH]1. The van der Waals surface area contributed by atoms with Crippen molar-refractivity contribution in [2.24, 2.45) is 0 Å². The molecule has 0 radical (unpaired) electrons. The van der Waals surface area contributed by atoms with Gasteiger partial charge < -0.3 is 9.88 Å². The molecule has 1 aliphatic heterocycles. The molecule has 1 atom stereocenters. The van der Waals surface area contributed by atoms with Gasteiger partial charge in [-0.1, -0.05) is 0 Å². The Hall–Kier alpha value is -3.03. The number of amides is 1. The van der Waals surface area contributed by atoms with E-state index in [0.717, 1.165) is 24.1 Å². The van der Waals surface area contributed by atoms with Crippen LogP contribution in [0.25, 0.3) is 11.0 Å². The second-order valence-electron chi connectivity index (χ2n) is 6.37. The molecule has 25 heavy (non-hydrogen) atoms. The maximum absolute atomic E-state index is 12.9. The Bertz CT molecular complexity index is 992. The Labute approximate surface area is 143 Å². The first-order valence-corrected chi connectivity index (χ1v) is 8.28. The predicted octanol–water partition coefficient (Wildman–Crippen LogP) is 1.37. The number of hydrogen-bond donors (Lipinski definition) is 2. The Balaban J connectivity index is 1.57. The number of aromatic amines is 2. The molecule has 4 rings (SSSR count). The van der Waals surface area contributed by atoms with Crippen LogP contribution in [0, 0.1) is 6.92 Å². The highest BCUT2D eigenvalue weighted by Crippen LogP contribution is 2.26. The summed E-state index contributed by atoms with van der Waals surface area (Å²) in [7, 11) is 0. The van der Waals surface area contributed by atoms with Gasteiger partial charge in [-0.25, -0.2) is 4.98 Å². The third kappa shape index (κ3) is 3.02. The molecule has 0 bridgehead atoms. The van der Waals surface area contributed by atoms with Crippen molar-refractivity contribution in [3.63, 3.8) is 0 Å². The molecule has 8 nitrogen and oxygen atoms in total. The van der Waals surface area contributed by atoms with Crippen molar-refractivity contribution in [2.75, 3.05) is 13.1 Å². The summed E-state index contributed by atoms with van der Waals surface area (Å²) < 4.78 is 0. The molecule has 3 heterocycles. The van der Waals surface area contributed by atoms with E-state index in [1.807, 2.05) is 4.90 Å². The monoisotopic (exact) mass is 338 g/mol. The summed E-state index contributed by atoms with van der Waals surface area (Å²) in [6.07, 6.45) is 1.80. The molecule has 0 unspecified atom stereocenters. The van der Waals surface area contributed by atoms with Crippen LogP contribution >= 0.6 is 0 Å². The number of H-pyrrole nitrogens is 2. The summed E-state index contributed by atoms with van der Waals surface area (Å²) in [5, 5.41) is 10.6. The smallest absolute Gasteiger partial charge is 0.253 e. The maximum Gasteiger partial charge on any atom is 0.253 e. The molecule has 1 aromatic carbocycles. The lowest BCUT2D eigenvalue weighted by molar-refractivity contribution is 0.0706. The van der Waals surface area contributed by atoms with Crippen LogP contribution < -0.4 is 5.56 Å². The number of aryl methyl sites for hydroxylation is 1. The highest BCUT2D eigenvalue weighted by Gasteiger charge is 2.27. The molecule has 3 aromatic rings. The quantitative estimate of drug-likeness (QED) is 0.734. The number of rotatable bonds is 2. The minimum Gasteiger partial charge on any atom is -0.338 e. The zero-order valence-electron chi connectivity index (χ0n) is 13.8. The number of likely N-dealkylation sites (tertiary alicyclic amines) is 1.